The molecule has 2 rings (SSSR count). The number of hydrogen-bond donors (Lipinski definition) is 1. The van der Waals surface area contributed by atoms with Crippen LogP contribution in [0.15, 0.2) is 53.4 Å². The molecule has 1 unspecified atom stereocenters. The summed E-state index contributed by atoms with van der Waals surface area (Å²) in [5.41, 5.74) is -3.59. The van der Waals surface area contributed by atoms with Gasteiger partial charge in [-0.1, -0.05) is 43.7 Å². The normalized spacial score (nSPS) is 15.2. The molecule has 1 atom stereocenters. The van der Waals surface area contributed by atoms with Gasteiger partial charge in [0, 0.05) is 0 Å². The molecule has 0 spiro atoms. The summed E-state index contributed by atoms with van der Waals surface area (Å²) in [4.78, 5) is -0.314. The fraction of sp³-hybridized carbons (Fsp3) is 0.400. The van der Waals surface area contributed by atoms with Crippen LogP contribution in [0.3, 0.4) is 0 Å². The van der Waals surface area contributed by atoms with E-state index in [0.717, 1.165) is 17.7 Å². The number of benzene rings is 2. The Labute approximate surface area is 167 Å². The Morgan fingerprint density at radius 2 is 1.48 bits per heavy atom. The smallest absolute Gasteiger partial charge is 0.379 e. The SMILES string of the molecule is Cc1ccc(S(=O)(=O)OCC(O)(CC(C)(C)c2ccc(F)cc2)C(F)(F)F)cc1. The Morgan fingerprint density at radius 3 is 1.97 bits per heavy atom. The Morgan fingerprint density at radius 1 is 0.966 bits per heavy atom. The van der Waals surface area contributed by atoms with Crippen LogP contribution in [0.25, 0.3) is 0 Å². The Hall–Kier alpha value is -1.97. The molecule has 0 saturated carbocycles. The van der Waals surface area contributed by atoms with Gasteiger partial charge in [-0.2, -0.15) is 21.6 Å². The summed E-state index contributed by atoms with van der Waals surface area (Å²) >= 11 is 0. The molecule has 0 bridgehead atoms. The number of halogens is 4. The van der Waals surface area contributed by atoms with Crippen LogP contribution in [-0.2, 0) is 19.7 Å². The van der Waals surface area contributed by atoms with Gasteiger partial charge < -0.3 is 5.11 Å². The van der Waals surface area contributed by atoms with Crippen molar-refractivity contribution in [3.05, 3.63) is 65.5 Å². The first-order valence-corrected chi connectivity index (χ1v) is 10.1. The topological polar surface area (TPSA) is 63.6 Å². The molecule has 0 saturated heterocycles. The van der Waals surface area contributed by atoms with Crippen LogP contribution in [-0.4, -0.2) is 31.9 Å². The van der Waals surface area contributed by atoms with E-state index in [9.17, 15) is 31.1 Å². The van der Waals surface area contributed by atoms with Crippen molar-refractivity contribution >= 4 is 10.1 Å². The molecule has 0 heterocycles. The zero-order valence-electron chi connectivity index (χ0n) is 16.1. The summed E-state index contributed by atoms with van der Waals surface area (Å²) in [5.74, 6) is -0.553. The van der Waals surface area contributed by atoms with Crippen LogP contribution in [0.2, 0.25) is 0 Å². The van der Waals surface area contributed by atoms with Crippen molar-refractivity contribution in [3.63, 3.8) is 0 Å². The quantitative estimate of drug-likeness (QED) is 0.515. The molecule has 0 amide bonds. The van der Waals surface area contributed by atoms with E-state index in [0.29, 0.717) is 5.56 Å². The molecule has 29 heavy (non-hydrogen) atoms. The molecule has 1 N–H and O–H groups in total. The minimum Gasteiger partial charge on any atom is -0.379 e. The molecule has 160 valence electrons. The summed E-state index contributed by atoms with van der Waals surface area (Å²) in [5, 5.41) is 10.4. The van der Waals surface area contributed by atoms with Gasteiger partial charge in [-0.3, -0.25) is 4.18 Å². The van der Waals surface area contributed by atoms with Gasteiger partial charge in [-0.15, -0.1) is 0 Å². The van der Waals surface area contributed by atoms with Crippen LogP contribution in [0.1, 0.15) is 31.4 Å². The fourth-order valence-corrected chi connectivity index (χ4v) is 3.87. The average Bonchev–Trinajstić information content (AvgIpc) is 2.59. The lowest BCUT2D eigenvalue weighted by molar-refractivity contribution is -0.274. The maximum atomic E-state index is 13.7. The van der Waals surface area contributed by atoms with Crippen LogP contribution in [0.5, 0.6) is 0 Å². The van der Waals surface area contributed by atoms with Crippen molar-refractivity contribution in [1.29, 1.82) is 0 Å². The third-order valence-corrected chi connectivity index (χ3v) is 5.93. The summed E-state index contributed by atoms with van der Waals surface area (Å²) < 4.78 is 83.2. The molecular weight excluding hydrogens is 412 g/mol. The van der Waals surface area contributed by atoms with Gasteiger partial charge in [0.05, 0.1) is 4.90 Å². The van der Waals surface area contributed by atoms with E-state index >= 15 is 0 Å². The van der Waals surface area contributed by atoms with Gasteiger partial charge in [0.25, 0.3) is 10.1 Å². The van der Waals surface area contributed by atoms with E-state index in [2.05, 4.69) is 4.18 Å². The zero-order chi connectivity index (χ0) is 22.1. The molecule has 0 aliphatic rings. The fourth-order valence-electron chi connectivity index (χ4n) is 2.92. The van der Waals surface area contributed by atoms with Crippen molar-refractivity contribution in [3.8, 4) is 0 Å². The molecule has 4 nitrogen and oxygen atoms in total. The predicted molar refractivity (Wildman–Crippen MR) is 99.4 cm³/mol. The van der Waals surface area contributed by atoms with Crippen LogP contribution in [0, 0.1) is 12.7 Å². The van der Waals surface area contributed by atoms with Crippen LogP contribution >= 0.6 is 0 Å². The van der Waals surface area contributed by atoms with Gasteiger partial charge in [0.15, 0.2) is 5.60 Å². The van der Waals surface area contributed by atoms with E-state index in [-0.39, 0.29) is 4.90 Å². The third-order valence-electron chi connectivity index (χ3n) is 4.65. The molecule has 0 aliphatic carbocycles. The number of rotatable bonds is 7. The summed E-state index contributed by atoms with van der Waals surface area (Å²) in [6, 6.07) is 10.2. The number of hydrogen-bond acceptors (Lipinski definition) is 4. The second-order valence-electron chi connectivity index (χ2n) is 7.63. The first-order valence-electron chi connectivity index (χ1n) is 8.68. The zero-order valence-corrected chi connectivity index (χ0v) is 16.9. The van der Waals surface area contributed by atoms with Gasteiger partial charge in [0.1, 0.15) is 12.4 Å². The van der Waals surface area contributed by atoms with Gasteiger partial charge in [-0.25, -0.2) is 4.39 Å². The summed E-state index contributed by atoms with van der Waals surface area (Å²) in [6.45, 7) is 3.09. The molecular formula is C20H22F4O4S. The largest absolute Gasteiger partial charge is 0.419 e. The highest BCUT2D eigenvalue weighted by molar-refractivity contribution is 7.86. The Bertz CT molecular complexity index is 936. The van der Waals surface area contributed by atoms with E-state index in [1.54, 1.807) is 6.92 Å². The predicted octanol–water partition coefficient (Wildman–Crippen LogP) is 4.50. The third kappa shape index (κ3) is 5.55. The minimum atomic E-state index is -5.16. The monoisotopic (exact) mass is 434 g/mol. The lowest BCUT2D eigenvalue weighted by Gasteiger charge is -2.37. The molecule has 0 fully saturated rings. The molecule has 0 aromatic heterocycles. The summed E-state index contributed by atoms with van der Waals surface area (Å²) in [7, 11) is -4.51. The molecule has 0 radical (unpaired) electrons. The van der Waals surface area contributed by atoms with Crippen molar-refractivity contribution in [2.24, 2.45) is 0 Å². The molecule has 0 aliphatic heterocycles. The Kier molecular flexibility index (Phi) is 6.46. The maximum absolute atomic E-state index is 13.7. The van der Waals surface area contributed by atoms with Crippen molar-refractivity contribution in [1.82, 2.24) is 0 Å². The van der Waals surface area contributed by atoms with Crippen molar-refractivity contribution in [2.45, 2.75) is 49.3 Å². The lowest BCUT2D eigenvalue weighted by Crippen LogP contribution is -2.52. The first kappa shape index (κ1) is 23.3. The van der Waals surface area contributed by atoms with Crippen molar-refractivity contribution in [2.75, 3.05) is 6.61 Å². The number of aliphatic hydroxyl groups is 1. The number of alkyl halides is 3. The second-order valence-corrected chi connectivity index (χ2v) is 9.24. The molecule has 9 heteroatoms. The highest BCUT2D eigenvalue weighted by Crippen LogP contribution is 2.41. The standard InChI is InChI=1S/C20H22F4O4S/c1-14-4-10-17(11-5-14)29(26,27)28-13-19(25,20(22,23)24)12-18(2,3)15-6-8-16(21)9-7-15/h4-11,25H,12-13H2,1-3H3. The first-order chi connectivity index (χ1) is 13.2. The lowest BCUT2D eigenvalue weighted by atomic mass is 9.75. The van der Waals surface area contributed by atoms with Crippen LogP contribution < -0.4 is 0 Å². The van der Waals surface area contributed by atoms with Gasteiger partial charge in [-0.05, 0) is 48.6 Å². The van der Waals surface area contributed by atoms with E-state index < -0.39 is 46.2 Å². The van der Waals surface area contributed by atoms with Gasteiger partial charge >= 0.3 is 6.18 Å². The highest BCUT2D eigenvalue weighted by atomic mass is 32.2. The summed E-state index contributed by atoms with van der Waals surface area (Å²) in [6.07, 6.45) is -6.05. The molecule has 2 aromatic rings. The van der Waals surface area contributed by atoms with E-state index in [1.165, 1.54) is 50.2 Å². The van der Waals surface area contributed by atoms with Crippen molar-refractivity contribution < 1.29 is 35.3 Å². The van der Waals surface area contributed by atoms with Gasteiger partial charge in [0.2, 0.25) is 0 Å². The van der Waals surface area contributed by atoms with E-state index in [1.807, 2.05) is 0 Å². The van der Waals surface area contributed by atoms with Crippen LogP contribution in [0.4, 0.5) is 17.6 Å². The Balaban J connectivity index is 2.28. The van der Waals surface area contributed by atoms with E-state index in [4.69, 9.17) is 0 Å². The number of aryl methyl sites for hydroxylation is 1. The molecule has 2 aromatic carbocycles. The minimum absolute atomic E-state index is 0.314. The second kappa shape index (κ2) is 8.04. The maximum Gasteiger partial charge on any atom is 0.419 e. The highest BCUT2D eigenvalue weighted by Gasteiger charge is 2.57. The average molecular weight is 434 g/mol.